The molecule has 0 unspecified atom stereocenters. The molecular weight excluding hydrogens is 398 g/mol. The summed E-state index contributed by atoms with van der Waals surface area (Å²) >= 11 is 3.37. The summed E-state index contributed by atoms with van der Waals surface area (Å²) in [5, 5.41) is 9.84. The fourth-order valence-corrected chi connectivity index (χ4v) is 3.54. The van der Waals surface area contributed by atoms with Crippen molar-refractivity contribution < 1.29 is 19.4 Å². The minimum absolute atomic E-state index is 0.215. The zero-order valence-corrected chi connectivity index (χ0v) is 15.8. The van der Waals surface area contributed by atoms with E-state index >= 15 is 0 Å². The Morgan fingerprint density at radius 1 is 1.04 bits per heavy atom. The SMILES string of the molecule is O=C(OCc1ccccc1)N1CCC(C(=O)O)(c2ccc(Br)cc2)CC1. The van der Waals surface area contributed by atoms with Gasteiger partial charge >= 0.3 is 12.1 Å². The van der Waals surface area contributed by atoms with Gasteiger partial charge in [0.25, 0.3) is 0 Å². The van der Waals surface area contributed by atoms with Crippen molar-refractivity contribution in [2.75, 3.05) is 13.1 Å². The number of piperidine rings is 1. The van der Waals surface area contributed by atoms with Crippen molar-refractivity contribution >= 4 is 28.0 Å². The average molecular weight is 418 g/mol. The summed E-state index contributed by atoms with van der Waals surface area (Å²) in [6, 6.07) is 16.8. The van der Waals surface area contributed by atoms with Crippen molar-refractivity contribution in [3.05, 3.63) is 70.2 Å². The van der Waals surface area contributed by atoms with Crippen LogP contribution in [0.3, 0.4) is 0 Å². The molecule has 0 aliphatic carbocycles. The molecule has 0 aromatic heterocycles. The number of benzene rings is 2. The lowest BCUT2D eigenvalue weighted by atomic mass is 9.73. The molecule has 5 nitrogen and oxygen atoms in total. The molecule has 0 atom stereocenters. The van der Waals surface area contributed by atoms with Gasteiger partial charge in [-0.05, 0) is 36.1 Å². The second-order valence-corrected chi connectivity index (χ2v) is 7.34. The van der Waals surface area contributed by atoms with E-state index in [1.807, 2.05) is 54.6 Å². The van der Waals surface area contributed by atoms with Gasteiger partial charge in [0, 0.05) is 17.6 Å². The van der Waals surface area contributed by atoms with E-state index in [1.165, 1.54) is 0 Å². The summed E-state index contributed by atoms with van der Waals surface area (Å²) in [5.74, 6) is -0.850. The minimum Gasteiger partial charge on any atom is -0.481 e. The second kappa shape index (κ2) is 7.91. The third-order valence-electron chi connectivity index (χ3n) is 4.89. The van der Waals surface area contributed by atoms with Crippen LogP contribution in [0.2, 0.25) is 0 Å². The van der Waals surface area contributed by atoms with Gasteiger partial charge in [-0.3, -0.25) is 4.79 Å². The molecule has 1 fully saturated rings. The molecule has 0 spiro atoms. The molecule has 1 heterocycles. The first kappa shape index (κ1) is 18.5. The number of likely N-dealkylation sites (tertiary alicyclic amines) is 1. The third kappa shape index (κ3) is 3.90. The third-order valence-corrected chi connectivity index (χ3v) is 5.42. The number of carbonyl (C=O) groups is 2. The van der Waals surface area contributed by atoms with Gasteiger partial charge in [-0.1, -0.05) is 58.4 Å². The highest BCUT2D eigenvalue weighted by molar-refractivity contribution is 9.10. The minimum atomic E-state index is -0.961. The number of carbonyl (C=O) groups excluding carboxylic acids is 1. The van der Waals surface area contributed by atoms with E-state index in [1.54, 1.807) is 4.90 Å². The maximum Gasteiger partial charge on any atom is 0.410 e. The Labute approximate surface area is 160 Å². The fraction of sp³-hybridized carbons (Fsp3) is 0.300. The lowest BCUT2D eigenvalue weighted by Crippen LogP contribution is -2.49. The summed E-state index contributed by atoms with van der Waals surface area (Å²) in [7, 11) is 0. The van der Waals surface area contributed by atoms with Crippen LogP contribution in [0.1, 0.15) is 24.0 Å². The zero-order chi connectivity index (χ0) is 18.6. The maximum atomic E-state index is 12.3. The van der Waals surface area contributed by atoms with E-state index in [0.29, 0.717) is 25.9 Å². The van der Waals surface area contributed by atoms with Crippen LogP contribution in [-0.4, -0.2) is 35.2 Å². The van der Waals surface area contributed by atoms with Crippen LogP contribution in [0.4, 0.5) is 4.79 Å². The molecule has 26 heavy (non-hydrogen) atoms. The largest absolute Gasteiger partial charge is 0.481 e. The number of carboxylic acid groups (broad SMARTS) is 1. The molecule has 1 aliphatic rings. The Kier molecular flexibility index (Phi) is 5.61. The van der Waals surface area contributed by atoms with Crippen LogP contribution >= 0.6 is 15.9 Å². The fourth-order valence-electron chi connectivity index (χ4n) is 3.28. The lowest BCUT2D eigenvalue weighted by Gasteiger charge is -2.38. The van der Waals surface area contributed by atoms with Gasteiger partial charge < -0.3 is 14.7 Å². The summed E-state index contributed by atoms with van der Waals surface area (Å²) < 4.78 is 6.26. The van der Waals surface area contributed by atoms with Crippen molar-refractivity contribution in [2.45, 2.75) is 24.9 Å². The Morgan fingerprint density at radius 3 is 2.23 bits per heavy atom. The molecule has 0 radical (unpaired) electrons. The normalized spacial score (nSPS) is 16.1. The molecule has 0 saturated carbocycles. The number of amides is 1. The molecule has 136 valence electrons. The number of hydrogen-bond donors (Lipinski definition) is 1. The van der Waals surface area contributed by atoms with Crippen LogP contribution < -0.4 is 0 Å². The number of aliphatic carboxylic acids is 1. The first-order valence-electron chi connectivity index (χ1n) is 8.46. The monoisotopic (exact) mass is 417 g/mol. The Balaban J connectivity index is 1.63. The van der Waals surface area contributed by atoms with Crippen LogP contribution in [-0.2, 0) is 21.6 Å². The molecule has 6 heteroatoms. The van der Waals surface area contributed by atoms with Crippen molar-refractivity contribution in [3.8, 4) is 0 Å². The standard InChI is InChI=1S/C20H20BrNO4/c21-17-8-6-16(7-9-17)20(18(23)24)10-12-22(13-11-20)19(25)26-14-15-4-2-1-3-5-15/h1-9H,10-14H2,(H,23,24). The molecule has 1 N–H and O–H groups in total. The van der Waals surface area contributed by atoms with Crippen LogP contribution in [0.25, 0.3) is 0 Å². The first-order chi connectivity index (χ1) is 12.5. The summed E-state index contributed by atoms with van der Waals surface area (Å²) in [4.78, 5) is 25.9. The van der Waals surface area contributed by atoms with E-state index in [2.05, 4.69) is 15.9 Å². The molecule has 0 bridgehead atoms. The molecule has 3 rings (SSSR count). The van der Waals surface area contributed by atoms with Crippen LogP contribution in [0.15, 0.2) is 59.1 Å². The Morgan fingerprint density at radius 2 is 1.65 bits per heavy atom. The first-order valence-corrected chi connectivity index (χ1v) is 9.26. The van der Waals surface area contributed by atoms with Gasteiger partial charge in [0.15, 0.2) is 0 Å². The van der Waals surface area contributed by atoms with Gasteiger partial charge in [-0.25, -0.2) is 4.79 Å². The van der Waals surface area contributed by atoms with Crippen molar-refractivity contribution in [3.63, 3.8) is 0 Å². The van der Waals surface area contributed by atoms with E-state index in [0.717, 1.165) is 15.6 Å². The average Bonchev–Trinajstić information content (AvgIpc) is 2.67. The molecule has 2 aromatic rings. The van der Waals surface area contributed by atoms with Gasteiger partial charge in [0.2, 0.25) is 0 Å². The molecule has 1 aliphatic heterocycles. The van der Waals surface area contributed by atoms with Crippen LogP contribution in [0.5, 0.6) is 0 Å². The van der Waals surface area contributed by atoms with Gasteiger partial charge in [0.1, 0.15) is 6.61 Å². The molecule has 2 aromatic carbocycles. The maximum absolute atomic E-state index is 12.3. The lowest BCUT2D eigenvalue weighted by molar-refractivity contribution is -0.145. The summed E-state index contributed by atoms with van der Waals surface area (Å²) in [6.45, 7) is 0.929. The Bertz CT molecular complexity index is 768. The van der Waals surface area contributed by atoms with E-state index in [9.17, 15) is 14.7 Å². The highest BCUT2D eigenvalue weighted by Crippen LogP contribution is 2.36. The quantitative estimate of drug-likeness (QED) is 0.808. The topological polar surface area (TPSA) is 66.8 Å². The number of rotatable bonds is 4. The number of carboxylic acids is 1. The number of ether oxygens (including phenoxy) is 1. The molecular formula is C20H20BrNO4. The number of nitrogens with zero attached hydrogens (tertiary/aromatic N) is 1. The van der Waals surface area contributed by atoms with Crippen molar-refractivity contribution in [1.82, 2.24) is 4.90 Å². The van der Waals surface area contributed by atoms with Crippen molar-refractivity contribution in [1.29, 1.82) is 0 Å². The van der Waals surface area contributed by atoms with Crippen molar-refractivity contribution in [2.24, 2.45) is 0 Å². The van der Waals surface area contributed by atoms with Gasteiger partial charge in [-0.2, -0.15) is 0 Å². The highest BCUT2D eigenvalue weighted by atomic mass is 79.9. The summed E-state index contributed by atoms with van der Waals surface area (Å²) in [5.41, 5.74) is 0.731. The number of hydrogen-bond acceptors (Lipinski definition) is 3. The second-order valence-electron chi connectivity index (χ2n) is 6.42. The summed E-state index contributed by atoms with van der Waals surface area (Å²) in [6.07, 6.45) is 0.332. The van der Waals surface area contributed by atoms with E-state index in [-0.39, 0.29) is 6.61 Å². The van der Waals surface area contributed by atoms with Gasteiger partial charge in [-0.15, -0.1) is 0 Å². The van der Waals surface area contributed by atoms with E-state index < -0.39 is 17.5 Å². The predicted molar refractivity (Wildman–Crippen MR) is 101 cm³/mol. The number of halogens is 1. The smallest absolute Gasteiger partial charge is 0.410 e. The zero-order valence-electron chi connectivity index (χ0n) is 14.2. The molecule has 1 amide bonds. The molecule has 1 saturated heterocycles. The van der Waals surface area contributed by atoms with Gasteiger partial charge in [0.05, 0.1) is 5.41 Å². The highest BCUT2D eigenvalue weighted by Gasteiger charge is 2.44. The predicted octanol–water partition coefficient (Wildman–Crippen LogP) is 4.20. The Hall–Kier alpha value is -2.34. The van der Waals surface area contributed by atoms with Crippen LogP contribution in [0, 0.1) is 0 Å². The van der Waals surface area contributed by atoms with E-state index in [4.69, 9.17) is 4.74 Å².